The molecule has 0 aromatic heterocycles. The molecule has 0 bridgehead atoms. The van der Waals surface area contributed by atoms with Crippen molar-refractivity contribution in [2.24, 2.45) is 0 Å². The van der Waals surface area contributed by atoms with Crippen molar-refractivity contribution in [1.82, 2.24) is 0 Å². The molecule has 0 radical (unpaired) electrons. The topological polar surface area (TPSA) is 72.6 Å². The molecule has 0 rings (SSSR count). The Bertz CT molecular complexity index is 67.1. The second-order valence-corrected chi connectivity index (χ2v) is 0.780. The van der Waals surface area contributed by atoms with Crippen molar-refractivity contribution in [3.05, 3.63) is 10.1 Å². The van der Waals surface area contributed by atoms with Crippen molar-refractivity contribution in [3.8, 4) is 0 Å². The maximum Gasteiger partial charge on any atom is 0.294 e. The van der Waals surface area contributed by atoms with Gasteiger partial charge in [-0.2, -0.15) is 0 Å². The summed E-state index contributed by atoms with van der Waals surface area (Å²) < 4.78 is 0. The molecule has 0 heterocycles. The predicted molar refractivity (Wildman–Crippen MR) is 20.0 cm³/mol. The molecule has 0 unspecified atom stereocenters. The summed E-state index contributed by atoms with van der Waals surface area (Å²) >= 11 is 0. The van der Waals surface area contributed by atoms with Gasteiger partial charge in [-0.3, -0.25) is 0 Å². The van der Waals surface area contributed by atoms with Gasteiger partial charge in [0.2, 0.25) is 0 Å². The van der Waals surface area contributed by atoms with Crippen molar-refractivity contribution in [3.63, 3.8) is 0 Å². The molecule has 5 nitrogen and oxygen atoms in total. The standard InChI is InChI=1S/C2H5NO4.Cr/c4-1-2-7-3(5)6;/h4H,1-2H2;. The average molecular weight is 159 g/mol. The summed E-state index contributed by atoms with van der Waals surface area (Å²) in [7, 11) is 0. The SMILES string of the molecule is O=[N+]([O-])OCCO.[Cr]. The Morgan fingerprint density at radius 3 is 2.38 bits per heavy atom. The fraction of sp³-hybridized carbons (Fsp3) is 1.00. The van der Waals surface area contributed by atoms with Crippen LogP contribution in [0.5, 0.6) is 0 Å². The van der Waals surface area contributed by atoms with Crippen LogP contribution in [0.1, 0.15) is 0 Å². The first-order valence-corrected chi connectivity index (χ1v) is 1.65. The van der Waals surface area contributed by atoms with Gasteiger partial charge in [0, 0.05) is 17.4 Å². The largest absolute Gasteiger partial charge is 0.394 e. The summed E-state index contributed by atoms with van der Waals surface area (Å²) in [5.41, 5.74) is 0. The number of hydrogen-bond donors (Lipinski definition) is 1. The minimum Gasteiger partial charge on any atom is -0.394 e. The van der Waals surface area contributed by atoms with Crippen LogP contribution in [-0.4, -0.2) is 23.4 Å². The molecular formula is C2H5CrNO4. The van der Waals surface area contributed by atoms with Crippen molar-refractivity contribution in [2.45, 2.75) is 0 Å². The van der Waals surface area contributed by atoms with Crippen molar-refractivity contribution in [2.75, 3.05) is 13.2 Å². The second-order valence-electron chi connectivity index (χ2n) is 0.780. The smallest absolute Gasteiger partial charge is 0.294 e. The molecule has 0 aliphatic rings. The maximum absolute atomic E-state index is 9.23. The molecule has 0 saturated carbocycles. The zero-order valence-electron chi connectivity index (χ0n) is 3.94. The molecule has 0 saturated heterocycles. The van der Waals surface area contributed by atoms with E-state index in [-0.39, 0.29) is 30.6 Å². The van der Waals surface area contributed by atoms with Gasteiger partial charge >= 0.3 is 0 Å². The van der Waals surface area contributed by atoms with E-state index in [2.05, 4.69) is 4.84 Å². The van der Waals surface area contributed by atoms with Crippen LogP contribution < -0.4 is 0 Å². The Kier molecular flexibility index (Phi) is 8.89. The fourth-order valence-electron chi connectivity index (χ4n) is 0.115. The Morgan fingerprint density at radius 2 is 2.25 bits per heavy atom. The van der Waals surface area contributed by atoms with Crippen LogP contribution in [0.25, 0.3) is 0 Å². The van der Waals surface area contributed by atoms with Gasteiger partial charge in [-0.15, -0.1) is 10.1 Å². The summed E-state index contributed by atoms with van der Waals surface area (Å²) in [4.78, 5) is 12.9. The third-order valence-electron chi connectivity index (χ3n) is 0.288. The van der Waals surface area contributed by atoms with E-state index in [1.165, 1.54) is 0 Å². The normalized spacial score (nSPS) is 7.12. The van der Waals surface area contributed by atoms with Gasteiger partial charge in [-0.05, 0) is 0 Å². The molecule has 0 aliphatic heterocycles. The molecule has 8 heavy (non-hydrogen) atoms. The zero-order chi connectivity index (χ0) is 5.70. The van der Waals surface area contributed by atoms with E-state index < -0.39 is 5.09 Å². The average Bonchev–Trinajstić information content (AvgIpc) is 1.61. The Morgan fingerprint density at radius 1 is 1.75 bits per heavy atom. The summed E-state index contributed by atoms with van der Waals surface area (Å²) in [6.07, 6.45) is 0. The van der Waals surface area contributed by atoms with Crippen LogP contribution in [0.4, 0.5) is 0 Å². The van der Waals surface area contributed by atoms with Crippen LogP contribution in [0, 0.1) is 10.1 Å². The first-order valence-electron chi connectivity index (χ1n) is 1.65. The molecule has 48 valence electrons. The van der Waals surface area contributed by atoms with Gasteiger partial charge in [0.15, 0.2) is 0 Å². The van der Waals surface area contributed by atoms with Crippen molar-refractivity contribution >= 4 is 0 Å². The number of aliphatic hydroxyl groups is 1. The summed E-state index contributed by atoms with van der Waals surface area (Å²) in [6.45, 7) is -0.562. The summed E-state index contributed by atoms with van der Waals surface area (Å²) in [5.74, 6) is 0. The van der Waals surface area contributed by atoms with Crippen LogP contribution >= 0.6 is 0 Å². The first-order chi connectivity index (χ1) is 3.27. The second kappa shape index (κ2) is 6.69. The van der Waals surface area contributed by atoms with Crippen LogP contribution in [0.15, 0.2) is 0 Å². The van der Waals surface area contributed by atoms with E-state index >= 15 is 0 Å². The van der Waals surface area contributed by atoms with Gasteiger partial charge in [0.1, 0.15) is 6.61 Å². The molecule has 0 aromatic carbocycles. The number of aliphatic hydroxyl groups excluding tert-OH is 1. The minimum atomic E-state index is -0.948. The molecule has 0 amide bonds. The quantitative estimate of drug-likeness (QED) is 0.431. The van der Waals surface area contributed by atoms with Crippen LogP contribution in [-0.2, 0) is 22.2 Å². The van der Waals surface area contributed by atoms with E-state index in [4.69, 9.17) is 5.11 Å². The number of rotatable bonds is 3. The molecule has 0 fully saturated rings. The zero-order valence-corrected chi connectivity index (χ0v) is 5.22. The molecule has 1 N–H and O–H groups in total. The molecule has 6 heteroatoms. The van der Waals surface area contributed by atoms with Crippen molar-refractivity contribution in [1.29, 1.82) is 0 Å². The minimum absolute atomic E-state index is 0. The number of nitrogens with zero attached hydrogens (tertiary/aromatic N) is 1. The van der Waals surface area contributed by atoms with E-state index in [1.807, 2.05) is 0 Å². The fourth-order valence-corrected chi connectivity index (χ4v) is 0.115. The van der Waals surface area contributed by atoms with E-state index in [0.717, 1.165) is 0 Å². The van der Waals surface area contributed by atoms with Gasteiger partial charge in [0.25, 0.3) is 5.09 Å². The van der Waals surface area contributed by atoms with Gasteiger partial charge in [0.05, 0.1) is 6.61 Å². The number of hydrogen-bond acceptors (Lipinski definition) is 4. The van der Waals surface area contributed by atoms with E-state index in [1.54, 1.807) is 0 Å². The third kappa shape index (κ3) is 9.19. The van der Waals surface area contributed by atoms with Gasteiger partial charge < -0.3 is 9.94 Å². The van der Waals surface area contributed by atoms with Crippen LogP contribution in [0.3, 0.4) is 0 Å². The maximum atomic E-state index is 9.23. The van der Waals surface area contributed by atoms with Gasteiger partial charge in [-0.1, -0.05) is 0 Å². The van der Waals surface area contributed by atoms with E-state index in [9.17, 15) is 10.1 Å². The van der Waals surface area contributed by atoms with Crippen LogP contribution in [0.2, 0.25) is 0 Å². The van der Waals surface area contributed by atoms with E-state index in [0.29, 0.717) is 0 Å². The Balaban J connectivity index is 0. The summed E-state index contributed by atoms with van der Waals surface area (Å²) in [5, 5.41) is 16.2. The Hall–Kier alpha value is -0.308. The monoisotopic (exact) mass is 159 g/mol. The molecule has 0 aromatic rings. The molecular weight excluding hydrogens is 154 g/mol. The van der Waals surface area contributed by atoms with Gasteiger partial charge in [-0.25, -0.2) is 0 Å². The summed E-state index contributed by atoms with van der Waals surface area (Å²) in [6, 6.07) is 0. The van der Waals surface area contributed by atoms with Crippen molar-refractivity contribution < 1.29 is 32.4 Å². The Labute approximate surface area is 56.5 Å². The third-order valence-corrected chi connectivity index (χ3v) is 0.288. The molecule has 0 aliphatic carbocycles. The predicted octanol–water partition coefficient (Wildman–Crippen LogP) is -0.816. The first kappa shape index (κ1) is 10.6. The molecule has 0 spiro atoms. The molecule has 0 atom stereocenters.